The van der Waals surface area contributed by atoms with E-state index < -0.39 is 69.9 Å². The van der Waals surface area contributed by atoms with Gasteiger partial charge in [0.15, 0.2) is 18.3 Å². The van der Waals surface area contributed by atoms with Crippen LogP contribution in [0.5, 0.6) is 0 Å². The van der Waals surface area contributed by atoms with E-state index in [-0.39, 0.29) is 5.92 Å². The molecule has 0 saturated carbocycles. The van der Waals surface area contributed by atoms with E-state index in [0.717, 1.165) is 25.0 Å². The second-order valence-electron chi connectivity index (χ2n) is 9.87. The van der Waals surface area contributed by atoms with Gasteiger partial charge in [0.2, 0.25) is 0 Å². The molecule has 11 heteroatoms. The Kier molecular flexibility index (Phi) is 11.4. The number of nitrogens with one attached hydrogen (secondary N) is 1. The second kappa shape index (κ2) is 13.3. The molecule has 0 aliphatic carbocycles. The molecular formula is C24H39NO8S2. The van der Waals surface area contributed by atoms with Crippen LogP contribution in [0, 0.1) is 5.92 Å². The minimum absolute atomic E-state index is 0.169. The lowest BCUT2D eigenvalue weighted by Crippen LogP contribution is -2.66. The second-order valence-corrected chi connectivity index (χ2v) is 13.1. The lowest BCUT2D eigenvalue weighted by Gasteiger charge is -2.47. The third-order valence-corrected chi connectivity index (χ3v) is 8.47. The van der Waals surface area contributed by atoms with Crippen LogP contribution in [-0.4, -0.2) is 68.9 Å². The monoisotopic (exact) mass is 533 g/mol. The Hall–Kier alpha value is -1.27. The number of thioether (sulfide) groups is 1. The Labute approximate surface area is 215 Å². The van der Waals surface area contributed by atoms with Gasteiger partial charge in [-0.05, 0) is 51.7 Å². The molecule has 9 nitrogen and oxygen atoms in total. The van der Waals surface area contributed by atoms with Crippen LogP contribution < -0.4 is 4.72 Å². The van der Waals surface area contributed by atoms with E-state index in [2.05, 4.69) is 10.8 Å². The van der Waals surface area contributed by atoms with E-state index in [1.807, 2.05) is 33.8 Å². The summed E-state index contributed by atoms with van der Waals surface area (Å²) in [5, 5.41) is 0. The number of allylic oxidation sites excluding steroid dienone is 1. The average Bonchev–Trinajstić information content (AvgIpc) is 2.72. The first-order chi connectivity index (χ1) is 16.3. The lowest BCUT2D eigenvalue weighted by atomic mass is 9.88. The van der Waals surface area contributed by atoms with Crippen LogP contribution in [0.1, 0.15) is 67.7 Å². The molecule has 0 aromatic heterocycles. The molecule has 7 unspecified atom stereocenters. The van der Waals surface area contributed by atoms with Gasteiger partial charge in [-0.15, -0.1) is 16.5 Å². The van der Waals surface area contributed by atoms with Gasteiger partial charge in [0.1, 0.15) is 16.3 Å². The van der Waals surface area contributed by atoms with Crippen molar-refractivity contribution in [3.63, 3.8) is 0 Å². The zero-order valence-corrected chi connectivity index (χ0v) is 23.2. The molecule has 2 aliphatic rings. The van der Waals surface area contributed by atoms with Crippen LogP contribution in [0.4, 0.5) is 0 Å². The number of esters is 3. The number of fused-ring (bicyclic) bond motifs is 2. The number of hydrogen-bond donors (Lipinski definition) is 1. The van der Waals surface area contributed by atoms with Crippen molar-refractivity contribution in [2.24, 2.45) is 5.92 Å². The minimum atomic E-state index is -1.47. The van der Waals surface area contributed by atoms with Crippen molar-refractivity contribution in [1.82, 2.24) is 4.72 Å². The molecule has 200 valence electrons. The molecule has 1 N–H and O–H groups in total. The van der Waals surface area contributed by atoms with E-state index in [0.29, 0.717) is 0 Å². The molecular weight excluding hydrogens is 494 g/mol. The Balaban J connectivity index is 2.61. The maximum atomic E-state index is 13.2. The highest BCUT2D eigenvalue weighted by Crippen LogP contribution is 2.37. The first-order valence-electron chi connectivity index (χ1n) is 11.9. The van der Waals surface area contributed by atoms with E-state index in [9.17, 15) is 18.9 Å². The largest absolute Gasteiger partial charge is 0.598 e. The van der Waals surface area contributed by atoms with Gasteiger partial charge < -0.3 is 23.5 Å². The highest BCUT2D eigenvalue weighted by molar-refractivity contribution is 7.99. The van der Waals surface area contributed by atoms with Gasteiger partial charge in [-0.2, -0.15) is 0 Å². The highest BCUT2D eigenvalue weighted by Gasteiger charge is 2.55. The van der Waals surface area contributed by atoms with Crippen LogP contribution in [0.2, 0.25) is 0 Å². The number of hydrogen-bond acceptors (Lipinski definition) is 10. The van der Waals surface area contributed by atoms with Crippen molar-refractivity contribution >= 4 is 41.0 Å². The highest BCUT2D eigenvalue weighted by atomic mass is 32.2. The summed E-state index contributed by atoms with van der Waals surface area (Å²) in [5.74, 6) is -1.21. The maximum absolute atomic E-state index is 13.2. The molecule has 0 aromatic carbocycles. The summed E-state index contributed by atoms with van der Waals surface area (Å²) in [6, 6.07) is -0.561. The molecule has 0 aromatic rings. The van der Waals surface area contributed by atoms with E-state index in [1.165, 1.54) is 32.5 Å². The van der Waals surface area contributed by atoms with Crippen molar-refractivity contribution in [3.8, 4) is 0 Å². The first-order valence-corrected chi connectivity index (χ1v) is 14.1. The minimum Gasteiger partial charge on any atom is -0.598 e. The summed E-state index contributed by atoms with van der Waals surface area (Å²) in [6.45, 7) is 11.3. The third kappa shape index (κ3) is 8.96. The Bertz CT molecular complexity index is 771. The molecule has 8 atom stereocenters. The van der Waals surface area contributed by atoms with E-state index in [1.54, 1.807) is 0 Å². The van der Waals surface area contributed by atoms with Crippen LogP contribution in [0.15, 0.2) is 12.2 Å². The van der Waals surface area contributed by atoms with Crippen LogP contribution >= 0.6 is 11.8 Å². The summed E-state index contributed by atoms with van der Waals surface area (Å²) >= 11 is -0.00634. The summed E-state index contributed by atoms with van der Waals surface area (Å²) < 4.78 is 39.1. The summed E-state index contributed by atoms with van der Waals surface area (Å²) in [4.78, 5) is 36.2. The van der Waals surface area contributed by atoms with E-state index >= 15 is 0 Å². The summed E-state index contributed by atoms with van der Waals surface area (Å²) in [5.41, 5.74) is -0.678. The predicted molar refractivity (Wildman–Crippen MR) is 135 cm³/mol. The van der Waals surface area contributed by atoms with Crippen molar-refractivity contribution < 1.29 is 37.9 Å². The predicted octanol–water partition coefficient (Wildman–Crippen LogP) is 3.04. The van der Waals surface area contributed by atoms with Crippen molar-refractivity contribution in [2.45, 2.75) is 108 Å². The fourth-order valence-electron chi connectivity index (χ4n) is 4.00. The maximum Gasteiger partial charge on any atom is 0.303 e. The average molecular weight is 534 g/mol. The van der Waals surface area contributed by atoms with Crippen LogP contribution in [-0.2, 0) is 44.7 Å². The number of carbonyl (C=O) groups is 3. The Morgan fingerprint density at radius 1 is 1.00 bits per heavy atom. The fourth-order valence-corrected chi connectivity index (χ4v) is 6.16. The summed E-state index contributed by atoms with van der Waals surface area (Å²) in [7, 11) is 0. The number of rotatable bonds is 5. The van der Waals surface area contributed by atoms with Gasteiger partial charge in [-0.3, -0.25) is 14.4 Å². The SMILES string of the molecule is CC(=O)OC1C2OC(C(OC(C)=O)C1OC(C)=O)[C@H](N[S+]([O-])C(C)(C)C)C(C)/C=C/CCCCS2. The van der Waals surface area contributed by atoms with Crippen molar-refractivity contribution in [3.05, 3.63) is 12.2 Å². The fraction of sp³-hybridized carbons (Fsp3) is 0.792. The molecule has 0 radical (unpaired) electrons. The van der Waals surface area contributed by atoms with Crippen molar-refractivity contribution in [1.29, 1.82) is 0 Å². The Morgan fingerprint density at radius 2 is 1.57 bits per heavy atom. The molecule has 2 aliphatic heterocycles. The van der Waals surface area contributed by atoms with Crippen LogP contribution in [0.25, 0.3) is 0 Å². The van der Waals surface area contributed by atoms with Crippen LogP contribution in [0.3, 0.4) is 0 Å². The quantitative estimate of drug-likeness (QED) is 0.244. The number of carbonyl (C=O) groups excluding carboxylic acids is 3. The number of ether oxygens (including phenoxy) is 4. The lowest BCUT2D eigenvalue weighted by molar-refractivity contribution is -0.236. The molecule has 35 heavy (non-hydrogen) atoms. The van der Waals surface area contributed by atoms with Gasteiger partial charge >= 0.3 is 17.9 Å². The molecule has 0 spiro atoms. The molecule has 1 saturated heterocycles. The van der Waals surface area contributed by atoms with Gasteiger partial charge in [0.05, 0.1) is 6.04 Å². The topological polar surface area (TPSA) is 123 Å². The smallest absolute Gasteiger partial charge is 0.303 e. The molecule has 0 amide bonds. The standard InChI is InChI=1S/C24H39NO8S2/c1-14-12-10-8-9-11-13-34-23-22(32-17(4)28)21(31-16(3)27)20(30-15(2)26)19(33-23)18(14)25-35(29)24(5,6)7/h10,12,14,18-23,25H,8-9,11,13H2,1-7H3/b12-10+/t14?,18-,19?,20?,21?,22?,23?,35?/m1/s1. The molecule has 2 bridgehead atoms. The third-order valence-electron chi connectivity index (χ3n) is 5.64. The molecule has 1 fully saturated rings. The zero-order chi connectivity index (χ0) is 26.3. The summed E-state index contributed by atoms with van der Waals surface area (Å²) in [6.07, 6.45) is 2.91. The van der Waals surface area contributed by atoms with E-state index in [4.69, 9.17) is 18.9 Å². The first kappa shape index (κ1) is 30.0. The Morgan fingerprint density at radius 3 is 2.14 bits per heavy atom. The molecule has 2 rings (SSSR count). The molecule has 2 heterocycles. The van der Waals surface area contributed by atoms with Gasteiger partial charge in [-0.25, -0.2) is 0 Å². The zero-order valence-electron chi connectivity index (χ0n) is 21.6. The van der Waals surface area contributed by atoms with Gasteiger partial charge in [-0.1, -0.05) is 19.1 Å². The van der Waals surface area contributed by atoms with Crippen molar-refractivity contribution in [2.75, 3.05) is 5.75 Å². The van der Waals surface area contributed by atoms with Gasteiger partial charge in [0.25, 0.3) is 0 Å². The van der Waals surface area contributed by atoms with Gasteiger partial charge in [0, 0.05) is 32.1 Å². The normalized spacial score (nSPS) is 33.9.